The molecule has 2 N–H and O–H groups in total. The van der Waals surface area contributed by atoms with E-state index in [1.807, 2.05) is 42.5 Å². The van der Waals surface area contributed by atoms with Crippen molar-refractivity contribution in [2.75, 3.05) is 6.61 Å². The van der Waals surface area contributed by atoms with E-state index >= 15 is 0 Å². The lowest BCUT2D eigenvalue weighted by Crippen LogP contribution is -2.46. The molecule has 0 spiro atoms. The fraction of sp³-hybridized carbons (Fsp3) is 0.250. The Labute approximate surface area is 167 Å². The number of amides is 2. The molecule has 4 rings (SSSR count). The minimum atomic E-state index is -0.492. The Balaban J connectivity index is 1.32. The number of ether oxygens (including phenoxy) is 1. The Hall–Kier alpha value is -3.59. The van der Waals surface area contributed by atoms with E-state index in [9.17, 15) is 9.59 Å². The van der Waals surface area contributed by atoms with Gasteiger partial charge in [0.25, 0.3) is 11.8 Å². The molecule has 0 bridgehead atoms. The Morgan fingerprint density at radius 3 is 2.59 bits per heavy atom. The first-order valence-electron chi connectivity index (χ1n) is 9.33. The lowest BCUT2D eigenvalue weighted by Gasteiger charge is -2.11. The zero-order valence-electron chi connectivity index (χ0n) is 15.6. The summed E-state index contributed by atoms with van der Waals surface area (Å²) < 4.78 is 5.27. The average molecular weight is 392 g/mol. The molecule has 1 unspecified atom stereocenters. The molecule has 1 aliphatic rings. The van der Waals surface area contributed by atoms with Crippen LogP contribution in [-0.4, -0.2) is 44.7 Å². The summed E-state index contributed by atoms with van der Waals surface area (Å²) in [6.45, 7) is 0.998. The topological polar surface area (TPSA) is 111 Å². The second-order valence-electron chi connectivity index (χ2n) is 6.65. The van der Waals surface area contributed by atoms with E-state index in [0.29, 0.717) is 31.0 Å². The molecule has 0 aliphatic carbocycles. The summed E-state index contributed by atoms with van der Waals surface area (Å²) in [5.41, 5.74) is 7.05. The minimum Gasteiger partial charge on any atom is -0.368 e. The Morgan fingerprint density at radius 2 is 1.86 bits per heavy atom. The van der Waals surface area contributed by atoms with Gasteiger partial charge in [-0.1, -0.05) is 42.5 Å². The first kappa shape index (κ1) is 18.8. The molecule has 0 radical (unpaired) electrons. The fourth-order valence-corrected chi connectivity index (χ4v) is 2.99. The van der Waals surface area contributed by atoms with Gasteiger partial charge in [0.1, 0.15) is 6.10 Å². The average Bonchev–Trinajstić information content (AvgIpc) is 3.45. The number of rotatable bonds is 5. The third-order valence-corrected chi connectivity index (χ3v) is 4.55. The zero-order valence-corrected chi connectivity index (χ0v) is 15.6. The van der Waals surface area contributed by atoms with Crippen LogP contribution in [0, 0.1) is 0 Å². The van der Waals surface area contributed by atoms with E-state index in [4.69, 9.17) is 4.74 Å². The van der Waals surface area contributed by atoms with Gasteiger partial charge in [-0.15, -0.1) is 10.2 Å². The minimum absolute atomic E-state index is 0.334. The maximum absolute atomic E-state index is 12.2. The maximum atomic E-state index is 12.2. The highest BCUT2D eigenvalue weighted by molar-refractivity contribution is 5.95. The van der Waals surface area contributed by atoms with Gasteiger partial charge in [0.05, 0.1) is 6.54 Å². The number of carbonyl (C=O) groups is 2. The largest absolute Gasteiger partial charge is 0.368 e. The molecule has 9 nitrogen and oxygen atoms in total. The lowest BCUT2D eigenvalue weighted by molar-refractivity contribution is -0.130. The third kappa shape index (κ3) is 4.64. The molecule has 0 saturated carbocycles. The normalized spacial score (nSPS) is 15.8. The fourth-order valence-electron chi connectivity index (χ4n) is 2.99. The van der Waals surface area contributed by atoms with Crippen molar-refractivity contribution in [3.8, 4) is 11.4 Å². The molecule has 2 aromatic carbocycles. The number of nitrogens with one attached hydrogen (secondary N) is 2. The summed E-state index contributed by atoms with van der Waals surface area (Å²) in [4.78, 5) is 25.6. The molecule has 1 atom stereocenters. The summed E-state index contributed by atoms with van der Waals surface area (Å²) in [5.74, 6) is -0.171. The predicted molar refractivity (Wildman–Crippen MR) is 103 cm³/mol. The van der Waals surface area contributed by atoms with Gasteiger partial charge in [0, 0.05) is 17.7 Å². The number of hydrogen-bond donors (Lipinski definition) is 2. The van der Waals surface area contributed by atoms with Crippen LogP contribution in [0.2, 0.25) is 0 Å². The van der Waals surface area contributed by atoms with E-state index in [1.165, 1.54) is 4.80 Å². The van der Waals surface area contributed by atoms with Crippen molar-refractivity contribution in [3.05, 3.63) is 65.7 Å². The molecule has 1 saturated heterocycles. The highest BCUT2D eigenvalue weighted by atomic mass is 16.5. The summed E-state index contributed by atoms with van der Waals surface area (Å²) in [5, 5.41) is 12.5. The molecular weight excluding hydrogens is 372 g/mol. The first-order valence-corrected chi connectivity index (χ1v) is 9.33. The number of aromatic nitrogens is 4. The van der Waals surface area contributed by atoms with Gasteiger partial charge in [0.15, 0.2) is 0 Å². The molecule has 3 aromatic rings. The van der Waals surface area contributed by atoms with Crippen molar-refractivity contribution in [1.29, 1.82) is 0 Å². The standard InChI is InChI=1S/C20H20N6O3/c27-19(22-23-20(28)17-7-4-12-29-17)16-10-8-14(9-11-16)13-26-24-18(21-25-26)15-5-2-1-3-6-15/h1-3,5-6,8-11,17H,4,7,12-13H2,(H,22,27)(H,23,28). The van der Waals surface area contributed by atoms with Crippen molar-refractivity contribution in [1.82, 2.24) is 31.1 Å². The van der Waals surface area contributed by atoms with Gasteiger partial charge in [-0.25, -0.2) is 0 Å². The van der Waals surface area contributed by atoms with Crippen LogP contribution in [-0.2, 0) is 16.1 Å². The monoisotopic (exact) mass is 392 g/mol. The highest BCUT2D eigenvalue weighted by Crippen LogP contribution is 2.13. The van der Waals surface area contributed by atoms with E-state index in [0.717, 1.165) is 17.5 Å². The van der Waals surface area contributed by atoms with Gasteiger partial charge in [-0.3, -0.25) is 20.4 Å². The first-order chi connectivity index (χ1) is 14.2. The summed E-state index contributed by atoms with van der Waals surface area (Å²) in [7, 11) is 0. The van der Waals surface area contributed by atoms with Crippen LogP contribution in [0.5, 0.6) is 0 Å². The predicted octanol–water partition coefficient (Wildman–Crippen LogP) is 1.33. The van der Waals surface area contributed by atoms with E-state index in [-0.39, 0.29) is 5.91 Å². The number of hydrazine groups is 1. The van der Waals surface area contributed by atoms with Crippen molar-refractivity contribution < 1.29 is 14.3 Å². The van der Waals surface area contributed by atoms with Crippen molar-refractivity contribution >= 4 is 11.8 Å². The van der Waals surface area contributed by atoms with Crippen molar-refractivity contribution in [2.45, 2.75) is 25.5 Å². The molecule has 9 heteroatoms. The summed E-state index contributed by atoms with van der Waals surface area (Å²) in [6, 6.07) is 16.6. The third-order valence-electron chi connectivity index (χ3n) is 4.55. The number of benzene rings is 2. The molecule has 29 heavy (non-hydrogen) atoms. The van der Waals surface area contributed by atoms with Crippen LogP contribution in [0.4, 0.5) is 0 Å². The Morgan fingerprint density at radius 1 is 1.07 bits per heavy atom. The molecule has 1 fully saturated rings. The van der Waals surface area contributed by atoms with Crippen LogP contribution in [0.15, 0.2) is 54.6 Å². The van der Waals surface area contributed by atoms with Gasteiger partial charge < -0.3 is 4.74 Å². The van der Waals surface area contributed by atoms with E-state index < -0.39 is 12.0 Å². The lowest BCUT2D eigenvalue weighted by atomic mass is 10.1. The van der Waals surface area contributed by atoms with Crippen LogP contribution in [0.25, 0.3) is 11.4 Å². The summed E-state index contributed by atoms with van der Waals surface area (Å²) >= 11 is 0. The molecule has 148 valence electrons. The number of nitrogens with zero attached hydrogens (tertiary/aromatic N) is 4. The van der Waals surface area contributed by atoms with Crippen LogP contribution >= 0.6 is 0 Å². The number of tetrazole rings is 1. The molecule has 2 heterocycles. The molecule has 1 aromatic heterocycles. The summed E-state index contributed by atoms with van der Waals surface area (Å²) in [6.07, 6.45) is 1.02. The Kier molecular flexibility index (Phi) is 5.57. The highest BCUT2D eigenvalue weighted by Gasteiger charge is 2.23. The van der Waals surface area contributed by atoms with Crippen LogP contribution in [0.3, 0.4) is 0 Å². The second kappa shape index (κ2) is 8.61. The van der Waals surface area contributed by atoms with Gasteiger partial charge >= 0.3 is 0 Å². The maximum Gasteiger partial charge on any atom is 0.269 e. The van der Waals surface area contributed by atoms with Crippen LogP contribution in [0.1, 0.15) is 28.8 Å². The SMILES string of the molecule is O=C(NNC(=O)C1CCCO1)c1ccc(Cn2nnc(-c3ccccc3)n2)cc1. The zero-order chi connectivity index (χ0) is 20.1. The molecule has 2 amide bonds. The van der Waals surface area contributed by atoms with E-state index in [1.54, 1.807) is 12.1 Å². The van der Waals surface area contributed by atoms with Gasteiger partial charge in [-0.2, -0.15) is 4.80 Å². The smallest absolute Gasteiger partial charge is 0.269 e. The Bertz CT molecular complexity index is 981. The van der Waals surface area contributed by atoms with E-state index in [2.05, 4.69) is 26.3 Å². The number of carbonyl (C=O) groups excluding carboxylic acids is 2. The van der Waals surface area contributed by atoms with Crippen molar-refractivity contribution in [2.24, 2.45) is 0 Å². The molecular formula is C20H20N6O3. The number of hydrogen-bond acceptors (Lipinski definition) is 6. The van der Waals surface area contributed by atoms with Gasteiger partial charge in [0.2, 0.25) is 5.82 Å². The van der Waals surface area contributed by atoms with Crippen molar-refractivity contribution in [3.63, 3.8) is 0 Å². The van der Waals surface area contributed by atoms with Gasteiger partial charge in [-0.05, 0) is 35.8 Å². The molecule has 1 aliphatic heterocycles. The van der Waals surface area contributed by atoms with Crippen LogP contribution < -0.4 is 10.9 Å². The quantitative estimate of drug-likeness (QED) is 0.634. The second-order valence-corrected chi connectivity index (χ2v) is 6.65.